The topological polar surface area (TPSA) is 0 Å². The molecule has 0 aliphatic heterocycles. The van der Waals surface area contributed by atoms with E-state index in [2.05, 4.69) is 74.4 Å². The Kier molecular flexibility index (Phi) is 4.42. The van der Waals surface area contributed by atoms with Crippen molar-refractivity contribution < 1.29 is 0 Å². The minimum atomic E-state index is 0.294. The van der Waals surface area contributed by atoms with Crippen LogP contribution in [0.2, 0.25) is 0 Å². The fourth-order valence-electron chi connectivity index (χ4n) is 2.99. The Morgan fingerprint density at radius 3 is 2.09 bits per heavy atom. The van der Waals surface area contributed by atoms with Gasteiger partial charge in [-0.3, -0.25) is 0 Å². The van der Waals surface area contributed by atoms with Crippen LogP contribution in [0.5, 0.6) is 0 Å². The molecule has 0 saturated carbocycles. The molecule has 2 aromatic carbocycles. The summed E-state index contributed by atoms with van der Waals surface area (Å²) in [6, 6.07) is 14.0. The second kappa shape index (κ2) is 6.17. The normalized spacial score (nSPS) is 13.7. The first-order valence-corrected chi connectivity index (χ1v) is 11.6. The third-order valence-corrected chi connectivity index (χ3v) is 6.55. The third kappa shape index (κ3) is 3.00. The van der Waals surface area contributed by atoms with Gasteiger partial charge in [-0.2, -0.15) is 0 Å². The van der Waals surface area contributed by atoms with Crippen LogP contribution in [0.4, 0.5) is 0 Å². The molecule has 0 bridgehead atoms. The third-order valence-electron chi connectivity index (χ3n) is 4.19. The largest absolute Gasteiger partial charge is 0.159 e. The maximum Gasteiger partial charge on any atom is 0.159 e. The van der Waals surface area contributed by atoms with Gasteiger partial charge in [0.2, 0.25) is 0 Å². The Labute approximate surface area is 140 Å². The molecule has 114 valence electrons. The molecule has 1 aliphatic carbocycles. The average molecular weight is 329 g/mol. The molecule has 2 heteroatoms. The summed E-state index contributed by atoms with van der Waals surface area (Å²) in [6.45, 7) is 2.23. The minimum absolute atomic E-state index is 0.294. The van der Waals surface area contributed by atoms with Gasteiger partial charge in [0.15, 0.2) is 9.79 Å². The van der Waals surface area contributed by atoms with E-state index in [1.165, 1.54) is 37.6 Å². The molecule has 0 heterocycles. The summed E-state index contributed by atoms with van der Waals surface area (Å²) < 4.78 is 0. The maximum absolute atomic E-state index is 2.40. The summed E-state index contributed by atoms with van der Waals surface area (Å²) in [5, 5.41) is 0. The Balaban J connectivity index is 2.19. The van der Waals surface area contributed by atoms with Crippen LogP contribution in [0.1, 0.15) is 18.1 Å². The van der Waals surface area contributed by atoms with Gasteiger partial charge in [-0.1, -0.05) is 29.8 Å². The van der Waals surface area contributed by atoms with E-state index in [-0.39, 0.29) is 0 Å². The number of hydrogen-bond acceptors (Lipinski definition) is 0. The van der Waals surface area contributed by atoms with E-state index < -0.39 is 0 Å². The molecule has 0 nitrogen and oxygen atoms in total. The van der Waals surface area contributed by atoms with Crippen molar-refractivity contribution in [2.24, 2.45) is 0 Å². The van der Waals surface area contributed by atoms with E-state index in [4.69, 9.17) is 0 Å². The van der Waals surface area contributed by atoms with Gasteiger partial charge < -0.3 is 0 Å². The lowest BCUT2D eigenvalue weighted by molar-refractivity contribution is 1.19. The first-order chi connectivity index (χ1) is 10.5. The minimum Gasteiger partial charge on any atom is -0.0683 e. The molecule has 0 amide bonds. The van der Waals surface area contributed by atoms with Crippen molar-refractivity contribution in [1.82, 2.24) is 0 Å². The molecule has 0 fully saturated rings. The van der Waals surface area contributed by atoms with Crippen molar-refractivity contribution in [2.45, 2.75) is 23.1 Å². The molecular weight excluding hydrogens is 304 g/mol. The van der Waals surface area contributed by atoms with Crippen LogP contribution in [0, 0.1) is 0 Å². The van der Waals surface area contributed by atoms with Crippen LogP contribution in [-0.2, 0) is 28.2 Å². The predicted octanol–water partition coefficient (Wildman–Crippen LogP) is 4.79. The smallest absolute Gasteiger partial charge is 0.0683 e. The lowest BCUT2D eigenvalue weighted by Crippen LogP contribution is -2.02. The highest BCUT2D eigenvalue weighted by Crippen LogP contribution is 2.35. The fraction of sp³-hybridized carbons (Fsp3) is 0.300. The predicted molar refractivity (Wildman–Crippen MR) is 104 cm³/mol. The number of benzene rings is 2. The zero-order valence-corrected chi connectivity index (χ0v) is 15.7. The highest BCUT2D eigenvalue weighted by Gasteiger charge is 2.21. The molecule has 0 atom stereocenters. The number of hydrogen-bond donors (Lipinski definition) is 0. The molecule has 1 aliphatic rings. The van der Waals surface area contributed by atoms with Crippen molar-refractivity contribution in [3.05, 3.63) is 53.1 Å². The van der Waals surface area contributed by atoms with E-state index in [0.717, 1.165) is 6.42 Å². The van der Waals surface area contributed by atoms with Gasteiger partial charge in [-0.05, 0) is 35.6 Å². The molecule has 0 radical (unpaired) electrons. The van der Waals surface area contributed by atoms with Crippen molar-refractivity contribution in [3.63, 3.8) is 0 Å². The first-order valence-electron chi connectivity index (χ1n) is 7.55. The van der Waals surface area contributed by atoms with E-state index in [0.29, 0.717) is 21.8 Å². The Bertz CT molecular complexity index is 713. The Morgan fingerprint density at radius 1 is 0.864 bits per heavy atom. The second-order valence-corrected chi connectivity index (χ2v) is 10.6. The lowest BCUT2D eigenvalue weighted by Gasteiger charge is -2.10. The van der Waals surface area contributed by atoms with Gasteiger partial charge in [0, 0.05) is 40.0 Å². The van der Waals surface area contributed by atoms with Crippen LogP contribution in [-0.4, -0.2) is 25.0 Å². The van der Waals surface area contributed by atoms with Crippen molar-refractivity contribution >= 4 is 27.9 Å². The number of fused-ring (bicyclic) bond motifs is 1. The zero-order valence-electron chi connectivity index (χ0n) is 14.1. The number of allylic oxidation sites excluding steroid dienone is 1. The van der Waals surface area contributed by atoms with Crippen molar-refractivity contribution in [3.8, 4) is 11.1 Å². The Morgan fingerprint density at radius 2 is 1.50 bits per heavy atom. The molecule has 0 spiro atoms. The Hall–Kier alpha value is -1.12. The van der Waals surface area contributed by atoms with E-state index in [1.54, 1.807) is 0 Å². The van der Waals surface area contributed by atoms with Crippen LogP contribution in [0.3, 0.4) is 0 Å². The summed E-state index contributed by atoms with van der Waals surface area (Å²) >= 11 is 0. The molecule has 0 aromatic heterocycles. The summed E-state index contributed by atoms with van der Waals surface area (Å²) in [5.41, 5.74) is 7.16. The molecule has 0 unspecified atom stereocenters. The lowest BCUT2D eigenvalue weighted by atomic mass is 9.97. The van der Waals surface area contributed by atoms with E-state index in [9.17, 15) is 0 Å². The van der Waals surface area contributed by atoms with Gasteiger partial charge in [0.05, 0.1) is 0 Å². The monoisotopic (exact) mass is 328 g/mol. The number of rotatable bonds is 3. The summed E-state index contributed by atoms with van der Waals surface area (Å²) in [6.07, 6.45) is 12.7. The molecule has 0 saturated heterocycles. The molecule has 0 N–H and O–H groups in total. The van der Waals surface area contributed by atoms with Crippen LogP contribution in [0.15, 0.2) is 51.8 Å². The fourth-order valence-corrected chi connectivity index (χ4v) is 4.51. The molecule has 2 aromatic rings. The van der Waals surface area contributed by atoms with Crippen LogP contribution >= 0.6 is 0 Å². The van der Waals surface area contributed by atoms with Crippen molar-refractivity contribution in [2.75, 3.05) is 25.0 Å². The van der Waals surface area contributed by atoms with Gasteiger partial charge in [0.25, 0.3) is 0 Å². The van der Waals surface area contributed by atoms with E-state index in [1.807, 2.05) is 0 Å². The van der Waals surface area contributed by atoms with Gasteiger partial charge >= 0.3 is 0 Å². The first kappa shape index (κ1) is 15.8. The SMILES string of the molecule is CC1=Cc2c(cccc2-c2cc([S+](C)C)cc([S+](C)C)c2)C1. The van der Waals surface area contributed by atoms with Crippen molar-refractivity contribution in [1.29, 1.82) is 0 Å². The molecule has 22 heavy (non-hydrogen) atoms. The average Bonchev–Trinajstić information content (AvgIpc) is 2.86. The summed E-state index contributed by atoms with van der Waals surface area (Å²) in [5.74, 6) is 0. The van der Waals surface area contributed by atoms with Gasteiger partial charge in [0.1, 0.15) is 25.0 Å². The quantitative estimate of drug-likeness (QED) is 0.711. The molecule has 3 rings (SSSR count). The van der Waals surface area contributed by atoms with Crippen LogP contribution in [0.25, 0.3) is 17.2 Å². The molecular formula is C20H24S2+2. The van der Waals surface area contributed by atoms with Gasteiger partial charge in [-0.15, -0.1) is 0 Å². The zero-order chi connectivity index (χ0) is 15.9. The van der Waals surface area contributed by atoms with Crippen LogP contribution < -0.4 is 0 Å². The summed E-state index contributed by atoms with van der Waals surface area (Å²) in [4.78, 5) is 2.95. The second-order valence-electron chi connectivity index (χ2n) is 6.37. The maximum atomic E-state index is 2.40. The highest BCUT2D eigenvalue weighted by molar-refractivity contribution is 7.96. The van der Waals surface area contributed by atoms with Gasteiger partial charge in [-0.25, -0.2) is 0 Å². The standard InChI is InChI=1S/C20H24S2/c1-14-9-15-7-6-8-19(20(15)10-14)16-11-17(21(2)3)13-18(12-16)22(4)5/h6-8,10-13H,9H2,1-5H3/q+2. The highest BCUT2D eigenvalue weighted by atomic mass is 32.2. The summed E-state index contributed by atoms with van der Waals surface area (Å²) in [7, 11) is 0.588. The van der Waals surface area contributed by atoms with E-state index >= 15 is 0 Å².